The lowest BCUT2D eigenvalue weighted by atomic mass is 10.2. The van der Waals surface area contributed by atoms with Gasteiger partial charge in [-0.1, -0.05) is 36.4 Å². The maximum absolute atomic E-state index is 12.0. The van der Waals surface area contributed by atoms with Crippen molar-refractivity contribution in [2.75, 3.05) is 33.3 Å². The summed E-state index contributed by atoms with van der Waals surface area (Å²) in [4.78, 5) is 4.09. The fraction of sp³-hybridized carbons (Fsp3) is 0.353. The molecule has 0 spiro atoms. The van der Waals surface area contributed by atoms with Crippen LogP contribution in [0.3, 0.4) is 0 Å². The molecule has 27 heavy (non-hydrogen) atoms. The Morgan fingerprint density at radius 3 is 2.48 bits per heavy atom. The molecule has 0 aliphatic carbocycles. The zero-order chi connectivity index (χ0) is 18.7. The van der Waals surface area contributed by atoms with Gasteiger partial charge in [0.05, 0.1) is 13.2 Å². The van der Waals surface area contributed by atoms with Crippen LogP contribution >= 0.6 is 35.3 Å². The van der Waals surface area contributed by atoms with E-state index in [9.17, 15) is 8.42 Å². The number of guanidine groups is 1. The SMILES string of the molecule is CN=C(NCCNS(=O)(=O)c1cccs1)NCCOCc1ccccc1.I. The van der Waals surface area contributed by atoms with E-state index in [1.165, 1.54) is 11.3 Å². The average Bonchev–Trinajstić information content (AvgIpc) is 3.20. The Morgan fingerprint density at radius 2 is 1.81 bits per heavy atom. The molecule has 0 aliphatic heterocycles. The molecule has 0 aliphatic rings. The molecule has 150 valence electrons. The van der Waals surface area contributed by atoms with E-state index in [0.717, 1.165) is 5.56 Å². The number of hydrogen-bond acceptors (Lipinski definition) is 5. The first kappa shape index (κ1) is 23.8. The number of thiophene rings is 1. The van der Waals surface area contributed by atoms with E-state index in [-0.39, 0.29) is 30.5 Å². The van der Waals surface area contributed by atoms with E-state index in [1.54, 1.807) is 24.6 Å². The lowest BCUT2D eigenvalue weighted by Gasteiger charge is -2.12. The van der Waals surface area contributed by atoms with Gasteiger partial charge >= 0.3 is 0 Å². The lowest BCUT2D eigenvalue weighted by molar-refractivity contribution is 0.125. The van der Waals surface area contributed by atoms with Gasteiger partial charge in [-0.2, -0.15) is 0 Å². The minimum atomic E-state index is -3.42. The molecule has 7 nitrogen and oxygen atoms in total. The maximum atomic E-state index is 12.0. The van der Waals surface area contributed by atoms with Crippen LogP contribution in [0.25, 0.3) is 0 Å². The number of sulfonamides is 1. The fourth-order valence-corrected chi connectivity index (χ4v) is 4.15. The zero-order valence-electron chi connectivity index (χ0n) is 15.1. The molecule has 1 aromatic heterocycles. The molecule has 0 saturated carbocycles. The minimum absolute atomic E-state index is 0. The van der Waals surface area contributed by atoms with Gasteiger partial charge in [-0.05, 0) is 17.0 Å². The lowest BCUT2D eigenvalue weighted by Crippen LogP contribution is -2.42. The number of aliphatic imine (C=N–C) groups is 1. The highest BCUT2D eigenvalue weighted by molar-refractivity contribution is 14.0. The highest BCUT2D eigenvalue weighted by atomic mass is 127. The van der Waals surface area contributed by atoms with Gasteiger partial charge in [0, 0.05) is 26.7 Å². The number of nitrogens with one attached hydrogen (secondary N) is 3. The van der Waals surface area contributed by atoms with Crippen LogP contribution < -0.4 is 15.4 Å². The van der Waals surface area contributed by atoms with E-state index in [4.69, 9.17) is 4.74 Å². The van der Waals surface area contributed by atoms with Crippen LogP contribution in [-0.2, 0) is 21.4 Å². The molecular weight excluding hydrogens is 499 g/mol. The summed E-state index contributed by atoms with van der Waals surface area (Å²) in [5, 5.41) is 7.91. The van der Waals surface area contributed by atoms with Gasteiger partial charge in [-0.3, -0.25) is 4.99 Å². The van der Waals surface area contributed by atoms with Crippen molar-refractivity contribution in [3.8, 4) is 0 Å². The Balaban J connectivity index is 0.00000364. The number of nitrogens with zero attached hydrogens (tertiary/aromatic N) is 1. The number of benzene rings is 1. The molecule has 0 fully saturated rings. The van der Waals surface area contributed by atoms with Gasteiger partial charge in [0.2, 0.25) is 10.0 Å². The van der Waals surface area contributed by atoms with Crippen molar-refractivity contribution >= 4 is 51.3 Å². The first-order valence-electron chi connectivity index (χ1n) is 8.21. The van der Waals surface area contributed by atoms with Crippen molar-refractivity contribution in [1.29, 1.82) is 0 Å². The van der Waals surface area contributed by atoms with E-state index in [0.29, 0.717) is 36.5 Å². The zero-order valence-corrected chi connectivity index (χ0v) is 19.0. The molecule has 3 N–H and O–H groups in total. The summed E-state index contributed by atoms with van der Waals surface area (Å²) >= 11 is 1.19. The summed E-state index contributed by atoms with van der Waals surface area (Å²) in [6.45, 7) is 2.41. The quantitative estimate of drug-likeness (QED) is 0.192. The molecule has 0 unspecified atom stereocenters. The van der Waals surface area contributed by atoms with Crippen molar-refractivity contribution < 1.29 is 13.2 Å². The second kappa shape index (κ2) is 13.0. The Hall–Kier alpha value is -1.21. The Bertz CT molecular complexity index is 769. The van der Waals surface area contributed by atoms with Crippen LogP contribution in [0.4, 0.5) is 0 Å². The minimum Gasteiger partial charge on any atom is -0.375 e. The van der Waals surface area contributed by atoms with Crippen LogP contribution in [0.1, 0.15) is 5.56 Å². The summed E-state index contributed by atoms with van der Waals surface area (Å²) in [7, 11) is -1.76. The average molecular weight is 524 g/mol. The molecule has 0 radical (unpaired) electrons. The Morgan fingerprint density at radius 1 is 1.07 bits per heavy atom. The molecule has 0 saturated heterocycles. The van der Waals surface area contributed by atoms with Crippen molar-refractivity contribution in [2.45, 2.75) is 10.8 Å². The number of hydrogen-bond donors (Lipinski definition) is 3. The van der Waals surface area contributed by atoms with Gasteiger partial charge in [-0.25, -0.2) is 13.1 Å². The first-order chi connectivity index (χ1) is 12.6. The molecule has 2 rings (SSSR count). The van der Waals surface area contributed by atoms with Crippen molar-refractivity contribution in [2.24, 2.45) is 4.99 Å². The van der Waals surface area contributed by atoms with Crippen LogP contribution in [0, 0.1) is 0 Å². The molecule has 10 heteroatoms. The van der Waals surface area contributed by atoms with Crippen molar-refractivity contribution in [3.63, 3.8) is 0 Å². The third-order valence-electron chi connectivity index (χ3n) is 3.34. The summed E-state index contributed by atoms with van der Waals surface area (Å²) in [6.07, 6.45) is 0. The Labute approximate surface area is 181 Å². The summed E-state index contributed by atoms with van der Waals surface area (Å²) in [6, 6.07) is 13.3. The van der Waals surface area contributed by atoms with E-state index in [2.05, 4.69) is 20.3 Å². The van der Waals surface area contributed by atoms with Crippen LogP contribution in [0.5, 0.6) is 0 Å². The van der Waals surface area contributed by atoms with Crippen molar-refractivity contribution in [3.05, 3.63) is 53.4 Å². The molecule has 0 atom stereocenters. The molecule has 1 aromatic carbocycles. The van der Waals surface area contributed by atoms with E-state index in [1.807, 2.05) is 30.3 Å². The van der Waals surface area contributed by atoms with Crippen molar-refractivity contribution in [1.82, 2.24) is 15.4 Å². The molecule has 2 aromatic rings. The van der Waals surface area contributed by atoms with Gasteiger partial charge in [0.15, 0.2) is 5.96 Å². The summed E-state index contributed by atoms with van der Waals surface area (Å²) in [5.41, 5.74) is 1.13. The molecule has 0 bridgehead atoms. The van der Waals surface area contributed by atoms with Gasteiger partial charge < -0.3 is 15.4 Å². The molecular formula is C17H25IN4O3S2. The molecule has 0 amide bonds. The van der Waals surface area contributed by atoms with Crippen LogP contribution in [0.2, 0.25) is 0 Å². The monoisotopic (exact) mass is 524 g/mol. The third-order valence-corrected chi connectivity index (χ3v) is 6.20. The second-order valence-electron chi connectivity index (χ2n) is 5.29. The molecule has 1 heterocycles. The predicted octanol–water partition coefficient (Wildman–Crippen LogP) is 2.03. The van der Waals surface area contributed by atoms with Crippen LogP contribution in [0.15, 0.2) is 57.0 Å². The number of rotatable bonds is 10. The summed E-state index contributed by atoms with van der Waals surface area (Å²) < 4.78 is 32.4. The third kappa shape index (κ3) is 9.02. The predicted molar refractivity (Wildman–Crippen MR) is 120 cm³/mol. The first-order valence-corrected chi connectivity index (χ1v) is 10.6. The fourth-order valence-electron chi connectivity index (χ4n) is 2.08. The smallest absolute Gasteiger partial charge is 0.250 e. The number of ether oxygens (including phenoxy) is 1. The van der Waals surface area contributed by atoms with Gasteiger partial charge in [0.1, 0.15) is 4.21 Å². The second-order valence-corrected chi connectivity index (χ2v) is 8.24. The largest absolute Gasteiger partial charge is 0.375 e. The highest BCUT2D eigenvalue weighted by Crippen LogP contribution is 2.14. The Kier molecular flexibility index (Phi) is 11.5. The van der Waals surface area contributed by atoms with Gasteiger partial charge in [0.25, 0.3) is 0 Å². The summed E-state index contributed by atoms with van der Waals surface area (Å²) in [5.74, 6) is 0.601. The number of halogens is 1. The highest BCUT2D eigenvalue weighted by Gasteiger charge is 2.13. The normalized spacial score (nSPS) is 11.7. The van der Waals surface area contributed by atoms with E-state index >= 15 is 0 Å². The van der Waals surface area contributed by atoms with Gasteiger partial charge in [-0.15, -0.1) is 35.3 Å². The van der Waals surface area contributed by atoms with Crippen LogP contribution in [-0.4, -0.2) is 47.7 Å². The standard InChI is InChI=1S/C17H24N4O3S2.HI/c1-18-17(20-11-12-24-14-15-6-3-2-4-7-15)19-9-10-21-26(22,23)16-8-5-13-25-16;/h2-8,13,21H,9-12,14H2,1H3,(H2,18,19,20);1H. The topological polar surface area (TPSA) is 91.8 Å². The maximum Gasteiger partial charge on any atom is 0.250 e. The van der Waals surface area contributed by atoms with E-state index < -0.39 is 10.0 Å².